The smallest absolute Gasteiger partial charge is 0.358 e. The second-order valence-corrected chi connectivity index (χ2v) is 11.9. The van der Waals surface area contributed by atoms with Gasteiger partial charge in [0.05, 0.1) is 0 Å². The van der Waals surface area contributed by atoms with Crippen molar-refractivity contribution in [3.8, 4) is 22.3 Å². The average Bonchev–Trinajstić information content (AvgIpc) is 3.66. The van der Waals surface area contributed by atoms with E-state index in [1.54, 1.807) is 0 Å². The molecule has 0 saturated carbocycles. The van der Waals surface area contributed by atoms with Gasteiger partial charge < -0.3 is 14.9 Å². The van der Waals surface area contributed by atoms with Crippen LogP contribution in [0.1, 0.15) is 25.0 Å². The number of hydrogen-bond donors (Lipinski definition) is 0. The topological polar surface area (TPSA) is 0 Å². The zero-order valence-electron chi connectivity index (χ0n) is 25.9. The van der Waals surface area contributed by atoms with Crippen LogP contribution in [-0.2, 0) is 31.3 Å². The van der Waals surface area contributed by atoms with E-state index in [-0.39, 0.29) is 46.1 Å². The van der Waals surface area contributed by atoms with E-state index in [4.69, 9.17) is 0 Å². The molecule has 8 aromatic carbocycles. The molecule has 0 atom stereocenters. The van der Waals surface area contributed by atoms with E-state index in [1.165, 1.54) is 76.5 Å². The molecule has 0 amide bonds. The molecule has 0 unspecified atom stereocenters. The van der Waals surface area contributed by atoms with Crippen molar-refractivity contribution >= 4 is 43.1 Å². The molecule has 0 heterocycles. The van der Waals surface area contributed by atoms with Crippen LogP contribution in [0.15, 0.2) is 146 Å². The molecule has 0 nitrogen and oxygen atoms in total. The van der Waals surface area contributed by atoms with E-state index in [2.05, 4.69) is 159 Å². The molecule has 0 saturated heterocycles. The van der Waals surface area contributed by atoms with Gasteiger partial charge >= 0.3 is 25.8 Å². The van der Waals surface area contributed by atoms with E-state index in [9.17, 15) is 0 Å². The molecule has 8 rings (SSSR count). The third kappa shape index (κ3) is 5.18. The number of benzene rings is 6. The molecule has 0 aliphatic rings. The van der Waals surface area contributed by atoms with Gasteiger partial charge in [-0.25, -0.2) is 0 Å². The standard InChI is InChI=1S/C41H30.2CH3.Hf/c1-41(2,35-23-31-13-7-15-37(39(31)25-35)33-19-17-27-9-3-5-11-29(27)21-33)36-24-32-14-8-16-38(40(32)26-36)34-20-18-28-10-4-6-12-30(28)22-34;;;/h3-26H,1-2H3;2*1H3;/q-2;2*-1;+4. The minimum Gasteiger partial charge on any atom is -0.358 e. The first-order valence-corrected chi connectivity index (χ1v) is 14.4. The molecule has 0 aliphatic heterocycles. The molecule has 0 fully saturated rings. The molecule has 0 bridgehead atoms. The first-order valence-electron chi connectivity index (χ1n) is 14.4. The van der Waals surface area contributed by atoms with Gasteiger partial charge in [0.2, 0.25) is 0 Å². The minimum absolute atomic E-state index is 0. The van der Waals surface area contributed by atoms with Gasteiger partial charge in [0.25, 0.3) is 0 Å². The summed E-state index contributed by atoms with van der Waals surface area (Å²) in [6.07, 6.45) is 0. The van der Waals surface area contributed by atoms with Crippen LogP contribution in [0.2, 0.25) is 0 Å². The van der Waals surface area contributed by atoms with Gasteiger partial charge in [-0.2, -0.15) is 12.1 Å². The monoisotopic (exact) mass is 732 g/mol. The molecule has 44 heavy (non-hydrogen) atoms. The zero-order chi connectivity index (χ0) is 27.6. The average molecular weight is 731 g/mol. The Morgan fingerprint density at radius 2 is 0.841 bits per heavy atom. The minimum atomic E-state index is -0.140. The maximum absolute atomic E-state index is 2.42. The molecular weight excluding hydrogens is 695 g/mol. The van der Waals surface area contributed by atoms with E-state index >= 15 is 0 Å². The Kier molecular flexibility index (Phi) is 8.65. The van der Waals surface area contributed by atoms with Crippen molar-refractivity contribution in [2.45, 2.75) is 19.3 Å². The summed E-state index contributed by atoms with van der Waals surface area (Å²) in [6, 6.07) is 53.8. The van der Waals surface area contributed by atoms with E-state index < -0.39 is 0 Å². The largest absolute Gasteiger partial charge is 4.00 e. The summed E-state index contributed by atoms with van der Waals surface area (Å²) in [4.78, 5) is 0. The third-order valence-corrected chi connectivity index (χ3v) is 9.07. The fourth-order valence-corrected chi connectivity index (χ4v) is 6.57. The first-order chi connectivity index (χ1) is 20.0. The molecular formula is C43H36Hf. The summed E-state index contributed by atoms with van der Waals surface area (Å²) in [5.74, 6) is 0. The molecule has 1 heteroatoms. The van der Waals surface area contributed by atoms with Gasteiger partial charge in [-0.05, 0) is 50.2 Å². The molecule has 0 spiro atoms. The Labute approximate surface area is 280 Å². The van der Waals surface area contributed by atoms with Crippen LogP contribution >= 0.6 is 0 Å². The molecule has 8 aromatic rings. The number of fused-ring (bicyclic) bond motifs is 4. The third-order valence-electron chi connectivity index (χ3n) is 9.07. The fourth-order valence-electron chi connectivity index (χ4n) is 6.57. The summed E-state index contributed by atoms with van der Waals surface area (Å²) in [5, 5.41) is 10.3. The Morgan fingerprint density at radius 3 is 1.27 bits per heavy atom. The summed E-state index contributed by atoms with van der Waals surface area (Å²) >= 11 is 0. The maximum atomic E-state index is 2.42. The summed E-state index contributed by atoms with van der Waals surface area (Å²) in [6.45, 7) is 4.72. The summed E-state index contributed by atoms with van der Waals surface area (Å²) < 4.78 is 0. The van der Waals surface area contributed by atoms with Crippen molar-refractivity contribution in [3.05, 3.63) is 172 Å². The normalized spacial score (nSPS) is 11.3. The Morgan fingerprint density at radius 1 is 0.432 bits per heavy atom. The Balaban J connectivity index is 0.00000128. The van der Waals surface area contributed by atoms with Gasteiger partial charge in [-0.3, -0.25) is 0 Å². The number of rotatable bonds is 4. The van der Waals surface area contributed by atoms with Crippen molar-refractivity contribution in [3.63, 3.8) is 0 Å². The molecule has 0 N–H and O–H groups in total. The van der Waals surface area contributed by atoms with Gasteiger partial charge in [0.1, 0.15) is 0 Å². The van der Waals surface area contributed by atoms with Crippen LogP contribution in [0.5, 0.6) is 0 Å². The van der Waals surface area contributed by atoms with Crippen molar-refractivity contribution in [1.82, 2.24) is 0 Å². The van der Waals surface area contributed by atoms with Gasteiger partial charge in [0, 0.05) is 0 Å². The quantitative estimate of drug-likeness (QED) is 0.125. The number of hydrogen-bond acceptors (Lipinski definition) is 0. The van der Waals surface area contributed by atoms with Crippen molar-refractivity contribution in [1.29, 1.82) is 0 Å². The van der Waals surface area contributed by atoms with Gasteiger partial charge in [-0.15, -0.1) is 69.1 Å². The van der Waals surface area contributed by atoms with Gasteiger partial charge in [0.15, 0.2) is 0 Å². The molecule has 0 aliphatic carbocycles. The van der Waals surface area contributed by atoms with Crippen LogP contribution in [-0.4, -0.2) is 0 Å². The predicted molar refractivity (Wildman–Crippen MR) is 190 cm³/mol. The van der Waals surface area contributed by atoms with Crippen molar-refractivity contribution in [2.24, 2.45) is 0 Å². The van der Waals surface area contributed by atoms with E-state index in [0.29, 0.717) is 0 Å². The van der Waals surface area contributed by atoms with Crippen LogP contribution in [0.25, 0.3) is 65.3 Å². The van der Waals surface area contributed by atoms with E-state index in [1.807, 2.05) is 0 Å². The van der Waals surface area contributed by atoms with Crippen molar-refractivity contribution < 1.29 is 25.8 Å². The van der Waals surface area contributed by atoms with Crippen LogP contribution < -0.4 is 0 Å². The van der Waals surface area contributed by atoms with Crippen LogP contribution in [0.4, 0.5) is 0 Å². The molecule has 212 valence electrons. The second-order valence-electron chi connectivity index (χ2n) is 11.9. The van der Waals surface area contributed by atoms with Crippen LogP contribution in [0, 0.1) is 14.9 Å². The SMILES string of the molecule is CC(C)(c1cc2c(-c3ccc4ccccc4c3)cccc2[cH-]1)c1cc2c(-c3ccc4ccccc4c3)cccc2[cH-]1.[CH3-].[CH3-].[Hf+4]. The van der Waals surface area contributed by atoms with E-state index in [0.717, 1.165) is 0 Å². The Bertz CT molecular complexity index is 2080. The fraction of sp³-hybridized carbons (Fsp3) is 0.0698. The maximum Gasteiger partial charge on any atom is 4.00 e. The van der Waals surface area contributed by atoms with Gasteiger partial charge in [-0.1, -0.05) is 110 Å². The predicted octanol–water partition coefficient (Wildman–Crippen LogP) is 12.3. The summed E-state index contributed by atoms with van der Waals surface area (Å²) in [5.41, 5.74) is 7.68. The zero-order valence-corrected chi connectivity index (χ0v) is 29.4. The molecule has 0 radical (unpaired) electrons. The molecule has 0 aromatic heterocycles. The summed E-state index contributed by atoms with van der Waals surface area (Å²) in [7, 11) is 0. The Hall–Kier alpha value is -4.07. The van der Waals surface area contributed by atoms with Crippen molar-refractivity contribution in [2.75, 3.05) is 0 Å². The van der Waals surface area contributed by atoms with Crippen LogP contribution in [0.3, 0.4) is 0 Å². The second kappa shape index (κ2) is 12.1. The first kappa shape index (κ1) is 31.4.